The van der Waals surface area contributed by atoms with Crippen molar-refractivity contribution >= 4 is 34.0 Å². The van der Waals surface area contributed by atoms with Crippen LogP contribution in [0.15, 0.2) is 40.3 Å². The fraction of sp³-hybridized carbons (Fsp3) is 0.208. The van der Waals surface area contributed by atoms with E-state index in [4.69, 9.17) is 9.15 Å². The van der Waals surface area contributed by atoms with Crippen LogP contribution in [0.5, 0.6) is 5.75 Å². The van der Waals surface area contributed by atoms with Crippen LogP contribution in [0.25, 0.3) is 17.4 Å². The summed E-state index contributed by atoms with van der Waals surface area (Å²) in [5.41, 5.74) is 1.47. The van der Waals surface area contributed by atoms with Gasteiger partial charge in [-0.15, -0.1) is 11.3 Å². The highest BCUT2D eigenvalue weighted by Gasteiger charge is 2.23. The summed E-state index contributed by atoms with van der Waals surface area (Å²) in [6, 6.07) is 11.3. The average molecular weight is 474 g/mol. The van der Waals surface area contributed by atoms with Crippen molar-refractivity contribution in [2.24, 2.45) is 0 Å². The Balaban J connectivity index is 1.61. The third-order valence-electron chi connectivity index (χ3n) is 5.45. The standard InChI is InChI=1S/C24H18N4O5S/c1-32-20-8-6-15(28(30)31)11-18(20)21-9-7-16(33-21)10-14(12-25)23(29)27-24-19(13-26)17-4-2-3-5-22(17)34-24/h6-11H,2-5H2,1H3,(H,27,29)/b14-10+. The van der Waals surface area contributed by atoms with Crippen LogP contribution in [0.2, 0.25) is 0 Å². The molecule has 10 heteroatoms. The molecular formula is C24H18N4O5S. The van der Waals surface area contributed by atoms with E-state index in [2.05, 4.69) is 11.4 Å². The molecule has 34 heavy (non-hydrogen) atoms. The van der Waals surface area contributed by atoms with Gasteiger partial charge in [0.05, 0.1) is 23.2 Å². The number of nitro benzene ring substituents is 1. The number of hydrogen-bond acceptors (Lipinski definition) is 8. The number of nitriles is 2. The number of fused-ring (bicyclic) bond motifs is 1. The summed E-state index contributed by atoms with van der Waals surface area (Å²) in [6.07, 6.45) is 5.02. The molecule has 0 saturated carbocycles. The van der Waals surface area contributed by atoms with Gasteiger partial charge >= 0.3 is 0 Å². The summed E-state index contributed by atoms with van der Waals surface area (Å²) in [5, 5.41) is 33.4. The molecule has 9 nitrogen and oxygen atoms in total. The van der Waals surface area contributed by atoms with Crippen molar-refractivity contribution in [3.05, 3.63) is 67.8 Å². The van der Waals surface area contributed by atoms with Gasteiger partial charge in [-0.3, -0.25) is 14.9 Å². The number of carbonyl (C=O) groups is 1. The second kappa shape index (κ2) is 9.61. The molecule has 0 radical (unpaired) electrons. The van der Waals surface area contributed by atoms with Crippen molar-refractivity contribution in [2.75, 3.05) is 12.4 Å². The molecule has 0 saturated heterocycles. The molecule has 0 fully saturated rings. The lowest BCUT2D eigenvalue weighted by molar-refractivity contribution is -0.384. The molecule has 1 aliphatic carbocycles. The number of furan rings is 1. The molecule has 2 heterocycles. The van der Waals surface area contributed by atoms with Crippen LogP contribution in [-0.4, -0.2) is 17.9 Å². The number of nitro groups is 1. The minimum atomic E-state index is -0.650. The van der Waals surface area contributed by atoms with Crippen LogP contribution in [0.4, 0.5) is 10.7 Å². The van der Waals surface area contributed by atoms with Gasteiger partial charge < -0.3 is 14.5 Å². The number of nitrogens with one attached hydrogen (secondary N) is 1. The number of thiophene rings is 1. The summed E-state index contributed by atoms with van der Waals surface area (Å²) in [5.74, 6) is 0.214. The van der Waals surface area contributed by atoms with Gasteiger partial charge in [0.1, 0.15) is 40.0 Å². The Morgan fingerprint density at radius 2 is 2.06 bits per heavy atom. The van der Waals surface area contributed by atoms with Crippen molar-refractivity contribution in [1.82, 2.24) is 0 Å². The predicted molar refractivity (Wildman–Crippen MR) is 125 cm³/mol. The molecule has 4 rings (SSSR count). The summed E-state index contributed by atoms with van der Waals surface area (Å²) in [4.78, 5) is 24.5. The van der Waals surface area contributed by atoms with Crippen LogP contribution in [0.1, 0.15) is 34.6 Å². The maximum Gasteiger partial charge on any atom is 0.270 e. The quantitative estimate of drug-likeness (QED) is 0.223. The second-order valence-electron chi connectivity index (χ2n) is 7.49. The van der Waals surface area contributed by atoms with E-state index in [1.165, 1.54) is 42.7 Å². The molecule has 0 atom stereocenters. The maximum absolute atomic E-state index is 12.8. The van der Waals surface area contributed by atoms with Gasteiger partial charge in [-0.05, 0) is 49.4 Å². The summed E-state index contributed by atoms with van der Waals surface area (Å²) in [6.45, 7) is 0. The fourth-order valence-electron chi connectivity index (χ4n) is 3.81. The summed E-state index contributed by atoms with van der Waals surface area (Å²) < 4.78 is 11.0. The first kappa shape index (κ1) is 22.8. The van der Waals surface area contributed by atoms with E-state index in [-0.39, 0.29) is 22.8 Å². The fourth-order valence-corrected chi connectivity index (χ4v) is 5.05. The Morgan fingerprint density at radius 1 is 1.26 bits per heavy atom. The number of rotatable bonds is 6. The number of non-ortho nitro benzene ring substituents is 1. The smallest absolute Gasteiger partial charge is 0.270 e. The third-order valence-corrected chi connectivity index (χ3v) is 6.66. The average Bonchev–Trinajstić information content (AvgIpc) is 3.45. The van der Waals surface area contributed by atoms with E-state index in [1.807, 2.05) is 6.07 Å². The first-order chi connectivity index (χ1) is 16.4. The van der Waals surface area contributed by atoms with Gasteiger partial charge in [-0.25, -0.2) is 0 Å². The predicted octanol–water partition coefficient (Wildman–Crippen LogP) is 5.22. The zero-order valence-electron chi connectivity index (χ0n) is 18.1. The number of anilines is 1. The molecule has 170 valence electrons. The van der Waals surface area contributed by atoms with Crippen LogP contribution >= 0.6 is 11.3 Å². The summed E-state index contributed by atoms with van der Waals surface area (Å²) in [7, 11) is 1.43. The first-order valence-electron chi connectivity index (χ1n) is 10.4. The van der Waals surface area contributed by atoms with Crippen molar-refractivity contribution in [3.8, 4) is 29.2 Å². The third kappa shape index (κ3) is 4.40. The van der Waals surface area contributed by atoms with Crippen LogP contribution in [0, 0.1) is 32.8 Å². The highest BCUT2D eigenvalue weighted by molar-refractivity contribution is 7.16. The Labute approximate surface area is 198 Å². The molecule has 0 aliphatic heterocycles. The monoisotopic (exact) mass is 474 g/mol. The lowest BCUT2D eigenvalue weighted by Crippen LogP contribution is -2.13. The molecule has 0 bridgehead atoms. The van der Waals surface area contributed by atoms with Crippen molar-refractivity contribution in [1.29, 1.82) is 10.5 Å². The van der Waals surface area contributed by atoms with Crippen molar-refractivity contribution in [2.45, 2.75) is 25.7 Å². The number of hydrogen-bond donors (Lipinski definition) is 1. The van der Waals surface area contributed by atoms with E-state index >= 15 is 0 Å². The molecule has 1 aromatic carbocycles. The number of carbonyl (C=O) groups excluding carboxylic acids is 1. The minimum absolute atomic E-state index is 0.131. The lowest BCUT2D eigenvalue weighted by Gasteiger charge is -2.09. The maximum atomic E-state index is 12.8. The molecule has 1 N–H and O–H groups in total. The highest BCUT2D eigenvalue weighted by Crippen LogP contribution is 2.38. The van der Waals surface area contributed by atoms with Gasteiger partial charge in [0.25, 0.3) is 11.6 Å². The van der Waals surface area contributed by atoms with Crippen molar-refractivity contribution in [3.63, 3.8) is 0 Å². The highest BCUT2D eigenvalue weighted by atomic mass is 32.1. The van der Waals surface area contributed by atoms with Crippen molar-refractivity contribution < 1.29 is 18.9 Å². The molecule has 3 aromatic rings. The minimum Gasteiger partial charge on any atom is -0.496 e. The number of ether oxygens (including phenoxy) is 1. The number of benzene rings is 1. The Hall–Kier alpha value is -4.41. The number of nitrogens with zero attached hydrogens (tertiary/aromatic N) is 3. The molecule has 0 unspecified atom stereocenters. The molecular weight excluding hydrogens is 456 g/mol. The van der Waals surface area contributed by atoms with Gasteiger partial charge in [-0.1, -0.05) is 0 Å². The lowest BCUT2D eigenvalue weighted by atomic mass is 9.96. The normalized spacial score (nSPS) is 12.9. The van der Waals surface area contributed by atoms with Gasteiger partial charge in [0, 0.05) is 23.1 Å². The van der Waals surface area contributed by atoms with Gasteiger partial charge in [0.2, 0.25) is 0 Å². The van der Waals surface area contributed by atoms with Crippen LogP contribution in [0.3, 0.4) is 0 Å². The number of aryl methyl sites for hydroxylation is 1. The van der Waals surface area contributed by atoms with E-state index in [0.717, 1.165) is 36.1 Å². The summed E-state index contributed by atoms with van der Waals surface area (Å²) >= 11 is 1.37. The van der Waals surface area contributed by atoms with Gasteiger partial charge in [0.15, 0.2) is 0 Å². The molecule has 0 spiro atoms. The van der Waals surface area contributed by atoms with E-state index < -0.39 is 10.8 Å². The van der Waals surface area contributed by atoms with E-state index in [9.17, 15) is 25.4 Å². The molecule has 2 aromatic heterocycles. The van der Waals surface area contributed by atoms with Crippen LogP contribution < -0.4 is 10.1 Å². The SMILES string of the molecule is COc1ccc([N+](=O)[O-])cc1-c1ccc(/C=C(\C#N)C(=O)Nc2sc3c(c2C#N)CCCC3)o1. The van der Waals surface area contributed by atoms with E-state index in [0.29, 0.717) is 21.9 Å². The first-order valence-corrected chi connectivity index (χ1v) is 11.2. The Bertz CT molecular complexity index is 1400. The molecule has 1 aliphatic rings. The Morgan fingerprint density at radius 3 is 2.76 bits per heavy atom. The van der Waals surface area contributed by atoms with Gasteiger partial charge in [-0.2, -0.15) is 10.5 Å². The topological polar surface area (TPSA) is 142 Å². The second-order valence-corrected chi connectivity index (χ2v) is 8.60. The zero-order valence-corrected chi connectivity index (χ0v) is 18.9. The number of amides is 1. The number of methoxy groups -OCH3 is 1. The van der Waals surface area contributed by atoms with E-state index in [1.54, 1.807) is 12.1 Å². The zero-order chi connectivity index (χ0) is 24.2. The largest absolute Gasteiger partial charge is 0.496 e. The Kier molecular flexibility index (Phi) is 6.44. The molecule has 1 amide bonds. The van der Waals surface area contributed by atoms with Crippen LogP contribution in [-0.2, 0) is 17.6 Å².